The van der Waals surface area contributed by atoms with Crippen molar-refractivity contribution in [2.45, 2.75) is 35.9 Å². The summed E-state index contributed by atoms with van der Waals surface area (Å²) in [6, 6.07) is 23.9. The van der Waals surface area contributed by atoms with Crippen LogP contribution in [0.1, 0.15) is 34.7 Å². The van der Waals surface area contributed by atoms with E-state index in [1.807, 2.05) is 54.6 Å². The van der Waals surface area contributed by atoms with Crippen LogP contribution in [0.4, 0.5) is 5.69 Å². The van der Waals surface area contributed by atoms with E-state index < -0.39 is 0 Å². The fourth-order valence-corrected chi connectivity index (χ4v) is 5.43. The summed E-state index contributed by atoms with van der Waals surface area (Å²) < 4.78 is 6.37. The number of aromatic nitrogens is 1. The first-order chi connectivity index (χ1) is 16.0. The molecule has 0 spiro atoms. The molecule has 2 atom stereocenters. The molecule has 2 aromatic heterocycles. The van der Waals surface area contributed by atoms with Crippen LogP contribution in [0, 0.1) is 13.8 Å². The maximum Gasteiger partial charge on any atom is 0.174 e. The summed E-state index contributed by atoms with van der Waals surface area (Å²) in [5.74, 6) is 0.827. The summed E-state index contributed by atoms with van der Waals surface area (Å²) in [5.41, 5.74) is 4.33. The molecular weight excluding hydrogens is 470 g/mol. The fourth-order valence-electron chi connectivity index (χ4n) is 4.18. The van der Waals surface area contributed by atoms with Crippen molar-refractivity contribution in [3.05, 3.63) is 107 Å². The zero-order valence-electron chi connectivity index (χ0n) is 18.2. The van der Waals surface area contributed by atoms with Gasteiger partial charge in [-0.2, -0.15) is 0 Å². The second-order valence-electron chi connectivity index (χ2n) is 8.06. The van der Waals surface area contributed by atoms with Gasteiger partial charge in [0, 0.05) is 21.8 Å². The lowest BCUT2D eigenvalue weighted by atomic mass is 10.0. The number of furan rings is 1. The molecule has 0 aliphatic carbocycles. The SMILES string of the molecule is Cc1cc(C)cc(N2C(=S)N[C@H](c3ccccn3)[C@H]2c2ccc(Sc3ccc(Cl)cc3)o2)c1. The van der Waals surface area contributed by atoms with Crippen molar-refractivity contribution in [2.24, 2.45) is 0 Å². The minimum Gasteiger partial charge on any atom is -0.452 e. The molecule has 166 valence electrons. The molecule has 1 aliphatic heterocycles. The van der Waals surface area contributed by atoms with Gasteiger partial charge in [-0.3, -0.25) is 4.98 Å². The molecule has 1 fully saturated rings. The van der Waals surface area contributed by atoms with E-state index in [-0.39, 0.29) is 12.1 Å². The normalized spacial score (nSPS) is 17.9. The van der Waals surface area contributed by atoms with E-state index in [0.29, 0.717) is 10.1 Å². The molecular formula is C26H22ClN3OS2. The second-order valence-corrected chi connectivity index (χ2v) is 9.96. The molecule has 0 bridgehead atoms. The van der Waals surface area contributed by atoms with Crippen molar-refractivity contribution in [3.8, 4) is 0 Å². The molecule has 0 saturated carbocycles. The molecule has 0 unspecified atom stereocenters. The zero-order valence-corrected chi connectivity index (χ0v) is 20.5. The molecule has 0 amide bonds. The van der Waals surface area contributed by atoms with E-state index in [1.165, 1.54) is 11.1 Å². The van der Waals surface area contributed by atoms with E-state index in [0.717, 1.165) is 27.1 Å². The Bertz CT molecular complexity index is 1270. The lowest BCUT2D eigenvalue weighted by molar-refractivity contribution is 0.383. The number of halogens is 1. The van der Waals surface area contributed by atoms with Gasteiger partial charge in [-0.05, 0) is 97.9 Å². The van der Waals surface area contributed by atoms with Gasteiger partial charge in [0.25, 0.3) is 0 Å². The van der Waals surface area contributed by atoms with E-state index >= 15 is 0 Å². The molecule has 2 aromatic carbocycles. The molecule has 4 aromatic rings. The Morgan fingerprint density at radius 1 is 1.00 bits per heavy atom. The van der Waals surface area contributed by atoms with E-state index in [4.69, 9.17) is 28.2 Å². The molecule has 1 aliphatic rings. The van der Waals surface area contributed by atoms with Gasteiger partial charge in [-0.1, -0.05) is 35.5 Å². The summed E-state index contributed by atoms with van der Waals surface area (Å²) in [5, 5.41) is 5.67. The van der Waals surface area contributed by atoms with Gasteiger partial charge in [0.1, 0.15) is 11.8 Å². The zero-order chi connectivity index (χ0) is 22.9. The van der Waals surface area contributed by atoms with Crippen LogP contribution >= 0.6 is 35.6 Å². The second kappa shape index (κ2) is 9.21. The van der Waals surface area contributed by atoms with Crippen LogP contribution < -0.4 is 10.2 Å². The third kappa shape index (κ3) is 4.64. The van der Waals surface area contributed by atoms with Crippen molar-refractivity contribution in [3.63, 3.8) is 0 Å². The van der Waals surface area contributed by atoms with Crippen LogP contribution in [-0.2, 0) is 0 Å². The molecule has 0 radical (unpaired) electrons. The van der Waals surface area contributed by atoms with Crippen molar-refractivity contribution in [1.29, 1.82) is 0 Å². The Balaban J connectivity index is 1.54. The molecule has 5 rings (SSSR count). The number of hydrogen-bond donors (Lipinski definition) is 1. The Kier molecular flexibility index (Phi) is 6.15. The van der Waals surface area contributed by atoms with E-state index in [2.05, 4.69) is 47.2 Å². The van der Waals surface area contributed by atoms with Crippen molar-refractivity contribution >= 4 is 46.4 Å². The monoisotopic (exact) mass is 491 g/mol. The number of nitrogens with zero attached hydrogens (tertiary/aromatic N) is 2. The Morgan fingerprint density at radius 2 is 1.76 bits per heavy atom. The van der Waals surface area contributed by atoms with Gasteiger partial charge in [0.05, 0.1) is 11.7 Å². The number of pyridine rings is 1. The first kappa shape index (κ1) is 22.0. The van der Waals surface area contributed by atoms with Crippen LogP contribution in [0.25, 0.3) is 0 Å². The van der Waals surface area contributed by atoms with Crippen LogP contribution in [0.3, 0.4) is 0 Å². The van der Waals surface area contributed by atoms with Crippen molar-refractivity contribution in [1.82, 2.24) is 10.3 Å². The highest BCUT2D eigenvalue weighted by Crippen LogP contribution is 2.43. The summed E-state index contributed by atoms with van der Waals surface area (Å²) in [7, 11) is 0. The minimum atomic E-state index is -0.173. The van der Waals surface area contributed by atoms with Gasteiger partial charge in [0.15, 0.2) is 10.2 Å². The predicted octanol–water partition coefficient (Wildman–Crippen LogP) is 7.27. The maximum absolute atomic E-state index is 6.37. The van der Waals surface area contributed by atoms with Gasteiger partial charge in [-0.25, -0.2) is 0 Å². The number of hydrogen-bond acceptors (Lipinski definition) is 4. The smallest absolute Gasteiger partial charge is 0.174 e. The number of benzene rings is 2. The van der Waals surface area contributed by atoms with Gasteiger partial charge in [-0.15, -0.1) is 0 Å². The van der Waals surface area contributed by atoms with Crippen LogP contribution in [-0.4, -0.2) is 10.1 Å². The van der Waals surface area contributed by atoms with Crippen molar-refractivity contribution < 1.29 is 4.42 Å². The number of thiocarbonyl (C=S) groups is 1. The lowest BCUT2D eigenvalue weighted by Gasteiger charge is -2.26. The van der Waals surface area contributed by atoms with Crippen LogP contribution in [0.15, 0.2) is 93.4 Å². The first-order valence-electron chi connectivity index (χ1n) is 10.6. The number of nitrogens with one attached hydrogen (secondary N) is 1. The largest absolute Gasteiger partial charge is 0.452 e. The van der Waals surface area contributed by atoms with Crippen molar-refractivity contribution in [2.75, 3.05) is 4.90 Å². The Morgan fingerprint density at radius 3 is 2.45 bits per heavy atom. The standard InChI is InChI=1S/C26H22ClN3OS2/c1-16-13-17(2)15-19(14-16)30-25(24(29-26(30)32)21-5-3-4-12-28-21)22-10-11-23(31-22)33-20-8-6-18(27)7-9-20/h3-15,24-25H,1-2H3,(H,29,32)/t24-,25-/m1/s1. The average Bonchev–Trinajstić information content (AvgIpc) is 3.39. The summed E-state index contributed by atoms with van der Waals surface area (Å²) >= 11 is 13.4. The fraction of sp³-hybridized carbons (Fsp3) is 0.154. The summed E-state index contributed by atoms with van der Waals surface area (Å²) in [4.78, 5) is 7.81. The van der Waals surface area contributed by atoms with Gasteiger partial charge in [0.2, 0.25) is 0 Å². The maximum atomic E-state index is 6.37. The average molecular weight is 492 g/mol. The molecule has 1 N–H and O–H groups in total. The van der Waals surface area contributed by atoms with Crippen LogP contribution in [0.2, 0.25) is 5.02 Å². The molecule has 33 heavy (non-hydrogen) atoms. The Labute approximate surface area is 208 Å². The Hall–Kier alpha value is -2.80. The molecule has 3 heterocycles. The third-order valence-electron chi connectivity index (χ3n) is 5.51. The minimum absolute atomic E-state index is 0.140. The van der Waals surface area contributed by atoms with Gasteiger partial charge >= 0.3 is 0 Å². The highest BCUT2D eigenvalue weighted by Gasteiger charge is 2.42. The number of anilines is 1. The molecule has 4 nitrogen and oxygen atoms in total. The third-order valence-corrected chi connectivity index (χ3v) is 7.00. The molecule has 7 heteroatoms. The quantitative estimate of drug-likeness (QED) is 0.296. The van der Waals surface area contributed by atoms with E-state index in [1.54, 1.807) is 18.0 Å². The summed E-state index contributed by atoms with van der Waals surface area (Å²) in [6.45, 7) is 4.20. The first-order valence-corrected chi connectivity index (χ1v) is 12.2. The highest BCUT2D eigenvalue weighted by molar-refractivity contribution is 7.99. The highest BCUT2D eigenvalue weighted by atomic mass is 35.5. The van der Waals surface area contributed by atoms with E-state index in [9.17, 15) is 0 Å². The number of aryl methyl sites for hydroxylation is 2. The lowest BCUT2D eigenvalue weighted by Crippen LogP contribution is -2.29. The predicted molar refractivity (Wildman–Crippen MR) is 138 cm³/mol. The van der Waals surface area contributed by atoms with Crippen LogP contribution in [0.5, 0.6) is 0 Å². The summed E-state index contributed by atoms with van der Waals surface area (Å²) in [6.07, 6.45) is 1.81. The topological polar surface area (TPSA) is 41.3 Å². The van der Waals surface area contributed by atoms with Gasteiger partial charge < -0.3 is 14.6 Å². The molecule has 1 saturated heterocycles. The number of rotatable bonds is 5.